The Balaban J connectivity index is 1.58. The summed E-state index contributed by atoms with van der Waals surface area (Å²) in [6.45, 7) is 1.13. The number of hydrogen-bond acceptors (Lipinski definition) is 6. The number of non-ortho nitro benzene ring substituents is 1. The first-order valence-electron chi connectivity index (χ1n) is 9.24. The molecule has 1 aliphatic heterocycles. The number of primary amides is 1. The van der Waals surface area contributed by atoms with Gasteiger partial charge in [-0.05, 0) is 37.1 Å². The van der Waals surface area contributed by atoms with E-state index < -0.39 is 4.92 Å². The fourth-order valence-electron chi connectivity index (χ4n) is 3.26. The van der Waals surface area contributed by atoms with Gasteiger partial charge in [0.25, 0.3) is 11.6 Å². The Kier molecular flexibility index (Phi) is 6.28. The summed E-state index contributed by atoms with van der Waals surface area (Å²) in [5, 5.41) is 13.5. The van der Waals surface area contributed by atoms with E-state index in [1.165, 1.54) is 24.3 Å². The Morgan fingerprint density at radius 2 is 1.79 bits per heavy atom. The molecule has 0 aliphatic carbocycles. The molecule has 1 heterocycles. The first-order chi connectivity index (χ1) is 13.9. The molecular formula is C20H22N4O5. The normalized spacial score (nSPS) is 14.3. The van der Waals surface area contributed by atoms with Crippen LogP contribution in [0.2, 0.25) is 0 Å². The molecule has 0 radical (unpaired) electrons. The van der Waals surface area contributed by atoms with Gasteiger partial charge in [-0.25, -0.2) is 0 Å². The number of rotatable bonds is 7. The van der Waals surface area contributed by atoms with Crippen molar-refractivity contribution >= 4 is 28.9 Å². The smallest absolute Gasteiger partial charge is 0.269 e. The molecule has 0 unspecified atom stereocenters. The number of nitrogens with two attached hydrogens (primary N) is 1. The molecule has 152 valence electrons. The van der Waals surface area contributed by atoms with E-state index in [9.17, 15) is 19.7 Å². The SMILES string of the molecule is NC(=O)C1CCN(c2ccccc2NC(=O)COc2ccc([N+](=O)[O-])cc2)CC1. The van der Waals surface area contributed by atoms with Crippen LogP contribution in [0, 0.1) is 16.0 Å². The summed E-state index contributed by atoms with van der Waals surface area (Å²) in [5.74, 6) is -0.354. The maximum atomic E-state index is 12.3. The zero-order valence-electron chi connectivity index (χ0n) is 15.7. The summed E-state index contributed by atoms with van der Waals surface area (Å²) in [4.78, 5) is 35.9. The van der Waals surface area contributed by atoms with Crippen LogP contribution in [0.4, 0.5) is 17.1 Å². The van der Waals surface area contributed by atoms with Crippen LogP contribution in [0.25, 0.3) is 0 Å². The Labute approximate surface area is 167 Å². The fraction of sp³-hybridized carbons (Fsp3) is 0.300. The van der Waals surface area contributed by atoms with Gasteiger partial charge in [0.1, 0.15) is 5.75 Å². The number of nitrogens with one attached hydrogen (secondary N) is 1. The highest BCUT2D eigenvalue weighted by molar-refractivity contribution is 5.95. The van der Waals surface area contributed by atoms with E-state index in [0.29, 0.717) is 37.4 Å². The topological polar surface area (TPSA) is 128 Å². The molecule has 9 nitrogen and oxygen atoms in total. The molecule has 29 heavy (non-hydrogen) atoms. The molecule has 0 bridgehead atoms. The van der Waals surface area contributed by atoms with Gasteiger partial charge in [0, 0.05) is 31.1 Å². The van der Waals surface area contributed by atoms with Crippen molar-refractivity contribution in [3.63, 3.8) is 0 Å². The maximum absolute atomic E-state index is 12.3. The second-order valence-corrected chi connectivity index (χ2v) is 6.77. The summed E-state index contributed by atoms with van der Waals surface area (Å²) < 4.78 is 5.40. The molecule has 2 aromatic carbocycles. The van der Waals surface area contributed by atoms with Gasteiger partial charge in [0.2, 0.25) is 5.91 Å². The lowest BCUT2D eigenvalue weighted by molar-refractivity contribution is -0.384. The molecule has 0 spiro atoms. The minimum absolute atomic E-state index is 0.0455. The summed E-state index contributed by atoms with van der Waals surface area (Å²) in [6, 6.07) is 13.0. The summed E-state index contributed by atoms with van der Waals surface area (Å²) >= 11 is 0. The van der Waals surface area contributed by atoms with Crippen molar-refractivity contribution in [3.8, 4) is 5.75 Å². The highest BCUT2D eigenvalue weighted by Gasteiger charge is 2.24. The minimum Gasteiger partial charge on any atom is -0.484 e. The Morgan fingerprint density at radius 1 is 1.14 bits per heavy atom. The molecule has 2 amide bonds. The first-order valence-corrected chi connectivity index (χ1v) is 9.24. The molecule has 3 N–H and O–H groups in total. The third kappa shape index (κ3) is 5.22. The number of benzene rings is 2. The summed E-state index contributed by atoms with van der Waals surface area (Å²) in [6.07, 6.45) is 1.36. The molecule has 0 atom stereocenters. The van der Waals surface area contributed by atoms with Crippen LogP contribution in [-0.4, -0.2) is 36.4 Å². The van der Waals surface area contributed by atoms with E-state index >= 15 is 0 Å². The molecular weight excluding hydrogens is 376 g/mol. The quantitative estimate of drug-likeness (QED) is 0.544. The van der Waals surface area contributed by atoms with Crippen LogP contribution in [0.3, 0.4) is 0 Å². The monoisotopic (exact) mass is 398 g/mol. The third-order valence-electron chi connectivity index (χ3n) is 4.83. The molecule has 3 rings (SSSR count). The van der Waals surface area contributed by atoms with E-state index in [1.807, 2.05) is 18.2 Å². The van der Waals surface area contributed by atoms with Crippen LogP contribution in [-0.2, 0) is 9.59 Å². The van der Waals surface area contributed by atoms with Crippen LogP contribution in [0.15, 0.2) is 48.5 Å². The number of ether oxygens (including phenoxy) is 1. The van der Waals surface area contributed by atoms with Crippen LogP contribution in [0.5, 0.6) is 5.75 Å². The molecule has 9 heteroatoms. The minimum atomic E-state index is -0.500. The van der Waals surface area contributed by atoms with Crippen molar-refractivity contribution in [2.75, 3.05) is 29.9 Å². The summed E-state index contributed by atoms with van der Waals surface area (Å²) in [5.41, 5.74) is 6.87. The van der Waals surface area contributed by atoms with Gasteiger partial charge in [-0.1, -0.05) is 12.1 Å². The van der Waals surface area contributed by atoms with Gasteiger partial charge in [-0.3, -0.25) is 19.7 Å². The number of hydrogen-bond donors (Lipinski definition) is 2. The van der Waals surface area contributed by atoms with Gasteiger partial charge in [0.15, 0.2) is 6.61 Å². The zero-order valence-corrected chi connectivity index (χ0v) is 15.7. The van der Waals surface area contributed by atoms with E-state index in [-0.39, 0.29) is 30.0 Å². The second-order valence-electron chi connectivity index (χ2n) is 6.77. The number of piperidine rings is 1. The molecule has 2 aromatic rings. The summed E-state index contributed by atoms with van der Waals surface area (Å²) in [7, 11) is 0. The highest BCUT2D eigenvalue weighted by atomic mass is 16.6. The number of carbonyl (C=O) groups is 2. The Hall–Kier alpha value is -3.62. The van der Waals surface area contributed by atoms with Crippen LogP contribution >= 0.6 is 0 Å². The van der Waals surface area contributed by atoms with Crippen LogP contribution < -0.4 is 20.7 Å². The van der Waals surface area contributed by atoms with Crippen molar-refractivity contribution in [1.29, 1.82) is 0 Å². The molecule has 0 aromatic heterocycles. The number of anilines is 2. The van der Waals surface area contributed by atoms with E-state index in [0.717, 1.165) is 5.69 Å². The van der Waals surface area contributed by atoms with Gasteiger partial charge in [-0.15, -0.1) is 0 Å². The lowest BCUT2D eigenvalue weighted by Gasteiger charge is -2.33. The Morgan fingerprint density at radius 3 is 2.41 bits per heavy atom. The largest absolute Gasteiger partial charge is 0.484 e. The predicted molar refractivity (Wildman–Crippen MR) is 108 cm³/mol. The van der Waals surface area contributed by atoms with Gasteiger partial charge < -0.3 is 20.7 Å². The number of para-hydroxylation sites is 2. The van der Waals surface area contributed by atoms with Crippen molar-refractivity contribution < 1.29 is 19.2 Å². The molecule has 1 saturated heterocycles. The molecule has 1 aliphatic rings. The number of nitro benzene ring substituents is 1. The first kappa shape index (κ1) is 20.1. The van der Waals surface area contributed by atoms with Gasteiger partial charge >= 0.3 is 0 Å². The van der Waals surface area contributed by atoms with E-state index in [4.69, 9.17) is 10.5 Å². The average Bonchev–Trinajstić information content (AvgIpc) is 2.73. The zero-order chi connectivity index (χ0) is 20.8. The standard InChI is InChI=1S/C20H22N4O5/c21-20(26)14-9-11-23(12-10-14)18-4-2-1-3-17(18)22-19(25)13-29-16-7-5-15(6-8-16)24(27)28/h1-8,14H,9-13H2,(H2,21,26)(H,22,25). The van der Waals surface area contributed by atoms with Gasteiger partial charge in [0.05, 0.1) is 16.3 Å². The molecule has 0 saturated carbocycles. The van der Waals surface area contributed by atoms with E-state index in [1.54, 1.807) is 6.07 Å². The predicted octanol–water partition coefficient (Wildman–Crippen LogP) is 2.31. The van der Waals surface area contributed by atoms with E-state index in [2.05, 4.69) is 10.2 Å². The number of nitro groups is 1. The van der Waals surface area contributed by atoms with Crippen molar-refractivity contribution in [2.45, 2.75) is 12.8 Å². The number of amides is 2. The second kappa shape index (κ2) is 9.05. The van der Waals surface area contributed by atoms with Crippen molar-refractivity contribution in [3.05, 3.63) is 58.6 Å². The Bertz CT molecular complexity index is 892. The molecule has 1 fully saturated rings. The van der Waals surface area contributed by atoms with Crippen molar-refractivity contribution in [2.24, 2.45) is 11.7 Å². The fourth-order valence-corrected chi connectivity index (χ4v) is 3.26. The average molecular weight is 398 g/mol. The lowest BCUT2D eigenvalue weighted by Crippen LogP contribution is -2.39. The third-order valence-corrected chi connectivity index (χ3v) is 4.83. The van der Waals surface area contributed by atoms with Crippen molar-refractivity contribution in [1.82, 2.24) is 0 Å². The van der Waals surface area contributed by atoms with Crippen LogP contribution in [0.1, 0.15) is 12.8 Å². The van der Waals surface area contributed by atoms with Gasteiger partial charge in [-0.2, -0.15) is 0 Å². The number of nitrogens with zero attached hydrogens (tertiary/aromatic N) is 2. The maximum Gasteiger partial charge on any atom is 0.269 e. The number of carbonyl (C=O) groups excluding carboxylic acids is 2. The lowest BCUT2D eigenvalue weighted by atomic mass is 9.96. The highest BCUT2D eigenvalue weighted by Crippen LogP contribution is 2.29.